The fourth-order valence-electron chi connectivity index (χ4n) is 0. The smallest absolute Gasteiger partial charge is 0.126 e. The van der Waals surface area contributed by atoms with Crippen LogP contribution in [-0.4, -0.2) is 12.6 Å². The van der Waals surface area contributed by atoms with E-state index in [9.17, 15) is 4.79 Å². The van der Waals surface area contributed by atoms with Crippen LogP contribution in [0.25, 0.3) is 0 Å². The van der Waals surface area contributed by atoms with Crippen LogP contribution in [0.5, 0.6) is 0 Å². The normalized spacial score (nSPS) is 5.00. The van der Waals surface area contributed by atoms with Gasteiger partial charge < -0.3 is 9.59 Å². The summed E-state index contributed by atoms with van der Waals surface area (Å²) in [5.41, 5.74) is 0. The van der Waals surface area contributed by atoms with Crippen molar-refractivity contribution in [1.82, 2.24) is 0 Å². The molecular weight excluding hydrogens is 80.0 g/mol. The molecule has 6 heavy (non-hydrogen) atoms. The molecule has 0 aliphatic rings. The summed E-state index contributed by atoms with van der Waals surface area (Å²) in [6, 6.07) is 0. The summed E-state index contributed by atoms with van der Waals surface area (Å²) in [5, 5.41) is 0. The van der Waals surface area contributed by atoms with Gasteiger partial charge in [-0.1, -0.05) is 0 Å². The fourth-order valence-corrected chi connectivity index (χ4v) is 0. The Balaban J connectivity index is 0. The van der Waals surface area contributed by atoms with Crippen LogP contribution in [0.2, 0.25) is 0 Å². The van der Waals surface area contributed by atoms with Gasteiger partial charge in [0, 0.05) is 0 Å². The van der Waals surface area contributed by atoms with Crippen LogP contribution in [0.3, 0.4) is 0 Å². The summed E-state index contributed by atoms with van der Waals surface area (Å²) in [6.07, 6.45) is 0. The van der Waals surface area contributed by atoms with Gasteiger partial charge in [-0.15, -0.1) is 0 Å². The molecule has 0 aliphatic carbocycles. The highest BCUT2D eigenvalue weighted by Crippen LogP contribution is 1.50. The van der Waals surface area contributed by atoms with Gasteiger partial charge in [0.2, 0.25) is 0 Å². The molecule has 36 valence electrons. The van der Waals surface area contributed by atoms with Crippen LogP contribution in [0, 0.1) is 0 Å². The van der Waals surface area contributed by atoms with Crippen molar-refractivity contribution < 1.29 is 9.59 Å². The second-order valence-corrected chi connectivity index (χ2v) is 0.908. The highest BCUT2D eigenvalue weighted by molar-refractivity contribution is 5.72. The molecule has 0 aromatic rings. The first-order valence-electron chi connectivity index (χ1n) is 1.49. The number of hydrogen-bond donors (Lipinski definition) is 0. The van der Waals surface area contributed by atoms with E-state index >= 15 is 0 Å². The lowest BCUT2D eigenvalue weighted by molar-refractivity contribution is -0.115. The third kappa shape index (κ3) is 42.0. The van der Waals surface area contributed by atoms with Gasteiger partial charge in [-0.05, 0) is 13.8 Å². The third-order valence-electron chi connectivity index (χ3n) is 0. The molecule has 2 nitrogen and oxygen atoms in total. The summed E-state index contributed by atoms with van der Waals surface area (Å²) in [7, 11) is 0. The molecule has 0 fully saturated rings. The first-order valence-corrected chi connectivity index (χ1v) is 1.49. The molecule has 0 aromatic carbocycles. The summed E-state index contributed by atoms with van der Waals surface area (Å²) in [4.78, 5) is 17.4. The zero-order valence-corrected chi connectivity index (χ0v) is 4.02. The number of hydrogen-bond acceptors (Lipinski definition) is 2. The molecule has 0 amide bonds. The fraction of sp³-hybridized carbons (Fsp3) is 0.500. The highest BCUT2D eigenvalue weighted by Gasteiger charge is 1.62. The monoisotopic (exact) mass is 88.1 g/mol. The molecule has 0 aliphatic heterocycles. The minimum Gasteiger partial charge on any atom is -0.307 e. The molecule has 0 saturated carbocycles. The van der Waals surface area contributed by atoms with Gasteiger partial charge in [0.05, 0.1) is 0 Å². The van der Waals surface area contributed by atoms with Crippen LogP contribution in [-0.2, 0) is 9.59 Å². The van der Waals surface area contributed by atoms with Gasteiger partial charge in [-0.25, -0.2) is 0 Å². The molecule has 0 radical (unpaired) electrons. The summed E-state index contributed by atoms with van der Waals surface area (Å²) < 4.78 is 0. The topological polar surface area (TPSA) is 34.1 Å². The second kappa shape index (κ2) is 8.84. The van der Waals surface area contributed by atoms with Crippen molar-refractivity contribution in [3.05, 3.63) is 0 Å². The zero-order chi connectivity index (χ0) is 5.58. The summed E-state index contributed by atoms with van der Waals surface area (Å²) >= 11 is 0. The predicted molar refractivity (Wildman–Crippen MR) is 23.5 cm³/mol. The molecule has 0 atom stereocenters. The maximum Gasteiger partial charge on any atom is 0.126 e. The van der Waals surface area contributed by atoms with Crippen molar-refractivity contribution >= 4 is 12.6 Å². The summed E-state index contributed by atoms with van der Waals surface area (Å²) in [5.74, 6) is 0.167. The molecule has 2 heteroatoms. The van der Waals surface area contributed by atoms with Crippen molar-refractivity contribution in [2.75, 3.05) is 0 Å². The lowest BCUT2D eigenvalue weighted by Gasteiger charge is -1.56. The van der Waals surface area contributed by atoms with Gasteiger partial charge in [-0.3, -0.25) is 0 Å². The number of carbonyl (C=O) groups is 2. The molecule has 0 aromatic heterocycles. The van der Waals surface area contributed by atoms with Crippen LogP contribution in [0.1, 0.15) is 13.8 Å². The van der Waals surface area contributed by atoms with Crippen molar-refractivity contribution in [1.29, 1.82) is 0 Å². The first-order chi connectivity index (χ1) is 2.73. The van der Waals surface area contributed by atoms with Gasteiger partial charge in [0.1, 0.15) is 12.6 Å². The van der Waals surface area contributed by atoms with Crippen molar-refractivity contribution in [2.45, 2.75) is 13.8 Å². The molecule has 0 unspecified atom stereocenters. The SMILES string of the molecule is C=O.CC(C)=O. The van der Waals surface area contributed by atoms with Crippen LogP contribution in [0.4, 0.5) is 0 Å². The van der Waals surface area contributed by atoms with Gasteiger partial charge in [-0.2, -0.15) is 0 Å². The Labute approximate surface area is 37.2 Å². The van der Waals surface area contributed by atoms with E-state index in [0.29, 0.717) is 0 Å². The van der Waals surface area contributed by atoms with Crippen LogP contribution >= 0.6 is 0 Å². The number of ketones is 1. The Morgan fingerprint density at radius 1 is 1.33 bits per heavy atom. The van der Waals surface area contributed by atoms with Gasteiger partial charge in [0.25, 0.3) is 0 Å². The standard InChI is InChI=1S/C3H6O.CH2O/c1-3(2)4;1-2/h1-2H3;1H2. The van der Waals surface area contributed by atoms with Gasteiger partial charge >= 0.3 is 0 Å². The van der Waals surface area contributed by atoms with E-state index < -0.39 is 0 Å². The average Bonchev–Trinajstić information content (AvgIpc) is 1.41. The van der Waals surface area contributed by atoms with E-state index in [1.807, 2.05) is 6.79 Å². The number of carbonyl (C=O) groups excluding carboxylic acids is 2. The van der Waals surface area contributed by atoms with Crippen LogP contribution < -0.4 is 0 Å². The quantitative estimate of drug-likeness (QED) is 0.429. The molecule has 0 N–H and O–H groups in total. The Kier molecular flexibility index (Phi) is 13.3. The Hall–Kier alpha value is -0.660. The maximum atomic E-state index is 9.44. The van der Waals surface area contributed by atoms with E-state index in [2.05, 4.69) is 0 Å². The molecule has 0 bridgehead atoms. The van der Waals surface area contributed by atoms with E-state index in [1.165, 1.54) is 13.8 Å². The summed E-state index contributed by atoms with van der Waals surface area (Å²) in [6.45, 7) is 5.06. The molecule has 0 rings (SSSR count). The minimum atomic E-state index is 0.167. The minimum absolute atomic E-state index is 0.167. The average molecular weight is 88.1 g/mol. The molecule has 0 saturated heterocycles. The Morgan fingerprint density at radius 3 is 1.33 bits per heavy atom. The maximum absolute atomic E-state index is 9.44. The third-order valence-corrected chi connectivity index (χ3v) is 0. The van der Waals surface area contributed by atoms with Gasteiger partial charge in [0.15, 0.2) is 0 Å². The number of rotatable bonds is 0. The first kappa shape index (κ1) is 9.02. The Morgan fingerprint density at radius 2 is 1.33 bits per heavy atom. The Bertz CT molecular complexity index is 36.8. The van der Waals surface area contributed by atoms with E-state index in [4.69, 9.17) is 4.79 Å². The lowest BCUT2D eigenvalue weighted by atomic mass is 10.6. The van der Waals surface area contributed by atoms with Crippen LogP contribution in [0.15, 0.2) is 0 Å². The van der Waals surface area contributed by atoms with E-state index in [-0.39, 0.29) is 5.78 Å². The van der Waals surface area contributed by atoms with Crippen molar-refractivity contribution in [2.24, 2.45) is 0 Å². The van der Waals surface area contributed by atoms with Crippen molar-refractivity contribution in [3.63, 3.8) is 0 Å². The highest BCUT2D eigenvalue weighted by atomic mass is 16.1. The van der Waals surface area contributed by atoms with Crippen molar-refractivity contribution in [3.8, 4) is 0 Å². The largest absolute Gasteiger partial charge is 0.307 e. The molecule has 0 heterocycles. The molecule has 0 spiro atoms. The molecular formula is C4H8O2. The lowest BCUT2D eigenvalue weighted by Crippen LogP contribution is -1.69. The van der Waals surface area contributed by atoms with E-state index in [1.54, 1.807) is 0 Å². The second-order valence-electron chi connectivity index (χ2n) is 0.908. The van der Waals surface area contributed by atoms with E-state index in [0.717, 1.165) is 0 Å². The predicted octanol–water partition coefficient (Wildman–Crippen LogP) is 0.410. The number of Topliss-reactive ketones (excluding diaryl/α,β-unsaturated/α-hetero) is 1. The zero-order valence-electron chi connectivity index (χ0n) is 4.02.